The molecule has 2 aromatic carbocycles. The number of halogens is 3. The highest BCUT2D eigenvalue weighted by molar-refractivity contribution is 7.92. The zero-order valence-corrected chi connectivity index (χ0v) is 14.1. The van der Waals surface area contributed by atoms with Crippen molar-refractivity contribution < 1.29 is 31.5 Å². The number of rotatable bonds is 4. The van der Waals surface area contributed by atoms with Gasteiger partial charge in [-0.2, -0.15) is 13.2 Å². The molecule has 0 atom stereocenters. The summed E-state index contributed by atoms with van der Waals surface area (Å²) in [6, 6.07) is 6.12. The number of aryl methyl sites for hydroxylation is 1. The van der Waals surface area contributed by atoms with E-state index in [0.29, 0.717) is 30.4 Å². The average molecular weight is 385 g/mol. The van der Waals surface area contributed by atoms with Gasteiger partial charge < -0.3 is 5.11 Å². The van der Waals surface area contributed by atoms with Gasteiger partial charge in [-0.1, -0.05) is 0 Å². The summed E-state index contributed by atoms with van der Waals surface area (Å²) in [5, 5.41) is 9.18. The standard InChI is InChI=1S/C17H14F3NO4S/c18-17(19,20)12-4-6-13(7-5-12)21-26(24,25)15-9-11(16(22)23)8-10-2-1-3-14(10)15/h4-9,21H,1-3H2,(H,22,23). The Labute approximate surface area is 147 Å². The molecular formula is C17H14F3NO4S. The molecule has 2 aromatic rings. The van der Waals surface area contributed by atoms with Gasteiger partial charge in [0.2, 0.25) is 0 Å². The number of fused-ring (bicyclic) bond motifs is 1. The van der Waals surface area contributed by atoms with Crippen molar-refractivity contribution in [3.05, 3.63) is 58.7 Å². The Morgan fingerprint density at radius 1 is 1.08 bits per heavy atom. The fourth-order valence-corrected chi connectivity index (χ4v) is 4.36. The summed E-state index contributed by atoms with van der Waals surface area (Å²) in [7, 11) is -4.14. The third-order valence-corrected chi connectivity index (χ3v) is 5.62. The molecule has 0 heterocycles. The fourth-order valence-electron chi connectivity index (χ4n) is 2.97. The largest absolute Gasteiger partial charge is 0.478 e. The van der Waals surface area contributed by atoms with Gasteiger partial charge in [0.1, 0.15) is 0 Å². The number of carbonyl (C=O) groups is 1. The zero-order valence-electron chi connectivity index (χ0n) is 13.3. The Balaban J connectivity index is 1.97. The summed E-state index contributed by atoms with van der Waals surface area (Å²) in [4.78, 5) is 11.1. The third-order valence-electron chi connectivity index (χ3n) is 4.18. The summed E-state index contributed by atoms with van der Waals surface area (Å²) in [5.74, 6) is -1.24. The van der Waals surface area contributed by atoms with Gasteiger partial charge in [0.05, 0.1) is 16.0 Å². The number of anilines is 1. The van der Waals surface area contributed by atoms with E-state index < -0.39 is 27.7 Å². The molecule has 1 aliphatic rings. The Morgan fingerprint density at radius 2 is 1.73 bits per heavy atom. The minimum Gasteiger partial charge on any atom is -0.478 e. The van der Waals surface area contributed by atoms with E-state index in [4.69, 9.17) is 0 Å². The van der Waals surface area contributed by atoms with Gasteiger partial charge >= 0.3 is 12.1 Å². The summed E-state index contributed by atoms with van der Waals surface area (Å²) in [6.07, 6.45) is -2.73. The lowest BCUT2D eigenvalue weighted by Crippen LogP contribution is -2.16. The molecule has 0 amide bonds. The number of carboxylic acid groups (broad SMARTS) is 1. The molecule has 5 nitrogen and oxygen atoms in total. The molecule has 0 saturated heterocycles. The maximum Gasteiger partial charge on any atom is 0.416 e. The van der Waals surface area contributed by atoms with Gasteiger partial charge in [0.25, 0.3) is 10.0 Å². The van der Waals surface area contributed by atoms with Crippen LogP contribution < -0.4 is 4.72 Å². The first-order chi connectivity index (χ1) is 12.1. The molecule has 2 N–H and O–H groups in total. The molecule has 0 saturated carbocycles. The molecule has 0 fully saturated rings. The highest BCUT2D eigenvalue weighted by atomic mass is 32.2. The maximum absolute atomic E-state index is 12.7. The minimum absolute atomic E-state index is 0.0366. The number of sulfonamides is 1. The quantitative estimate of drug-likeness (QED) is 0.841. The number of alkyl halides is 3. The first-order valence-corrected chi connectivity index (χ1v) is 9.15. The molecular weight excluding hydrogens is 371 g/mol. The lowest BCUT2D eigenvalue weighted by atomic mass is 10.1. The van der Waals surface area contributed by atoms with Gasteiger partial charge in [-0.25, -0.2) is 13.2 Å². The van der Waals surface area contributed by atoms with Crippen molar-refractivity contribution in [1.82, 2.24) is 0 Å². The van der Waals surface area contributed by atoms with Crippen LogP contribution in [0.4, 0.5) is 18.9 Å². The van der Waals surface area contributed by atoms with Gasteiger partial charge in [-0.15, -0.1) is 0 Å². The molecule has 138 valence electrons. The van der Waals surface area contributed by atoms with Crippen LogP contribution in [0.25, 0.3) is 0 Å². The smallest absolute Gasteiger partial charge is 0.416 e. The Kier molecular flexibility index (Phi) is 4.43. The van der Waals surface area contributed by atoms with Crippen molar-refractivity contribution in [3.8, 4) is 0 Å². The van der Waals surface area contributed by atoms with E-state index >= 15 is 0 Å². The second-order valence-electron chi connectivity index (χ2n) is 5.95. The fraction of sp³-hybridized carbons (Fsp3) is 0.235. The number of hydrogen-bond acceptors (Lipinski definition) is 3. The summed E-state index contributed by atoms with van der Waals surface area (Å²) in [6.45, 7) is 0. The Bertz CT molecular complexity index is 967. The van der Waals surface area contributed by atoms with Crippen LogP contribution in [-0.4, -0.2) is 19.5 Å². The van der Waals surface area contributed by atoms with E-state index in [1.54, 1.807) is 0 Å². The average Bonchev–Trinajstić information content (AvgIpc) is 3.01. The number of aromatic carboxylic acids is 1. The van der Waals surface area contributed by atoms with Crippen LogP contribution >= 0.6 is 0 Å². The summed E-state index contributed by atoms with van der Waals surface area (Å²) < 4.78 is 65.4. The SMILES string of the molecule is O=C(O)c1cc2c(c(S(=O)(=O)Nc3ccc(C(F)(F)F)cc3)c1)CCC2. The molecule has 0 spiro atoms. The molecule has 26 heavy (non-hydrogen) atoms. The van der Waals surface area contributed by atoms with Crippen molar-refractivity contribution in [3.63, 3.8) is 0 Å². The lowest BCUT2D eigenvalue weighted by molar-refractivity contribution is -0.137. The van der Waals surface area contributed by atoms with E-state index in [-0.39, 0.29) is 16.1 Å². The second-order valence-corrected chi connectivity index (χ2v) is 7.60. The van der Waals surface area contributed by atoms with Crippen LogP contribution in [0.2, 0.25) is 0 Å². The molecule has 0 unspecified atom stereocenters. The first-order valence-electron chi connectivity index (χ1n) is 7.67. The predicted octanol–water partition coefficient (Wildman–Crippen LogP) is 3.69. The second kappa shape index (κ2) is 6.31. The van der Waals surface area contributed by atoms with E-state index in [1.807, 2.05) is 0 Å². The van der Waals surface area contributed by atoms with Crippen molar-refractivity contribution in [1.29, 1.82) is 0 Å². The van der Waals surface area contributed by atoms with E-state index in [1.165, 1.54) is 6.07 Å². The normalized spacial score (nSPS) is 14.1. The van der Waals surface area contributed by atoms with Crippen molar-refractivity contribution >= 4 is 21.7 Å². The van der Waals surface area contributed by atoms with Gasteiger partial charge in [-0.3, -0.25) is 4.72 Å². The number of nitrogens with one attached hydrogen (secondary N) is 1. The molecule has 0 aliphatic heterocycles. The highest BCUT2D eigenvalue weighted by Gasteiger charge is 2.30. The maximum atomic E-state index is 12.7. The first kappa shape index (κ1) is 18.2. The van der Waals surface area contributed by atoms with Gasteiger partial charge in [0, 0.05) is 5.69 Å². The Morgan fingerprint density at radius 3 is 2.31 bits per heavy atom. The van der Waals surface area contributed by atoms with E-state index in [2.05, 4.69) is 4.72 Å². The third kappa shape index (κ3) is 3.52. The highest BCUT2D eigenvalue weighted by Crippen LogP contribution is 2.33. The van der Waals surface area contributed by atoms with Crippen LogP contribution in [-0.2, 0) is 29.0 Å². The molecule has 3 rings (SSSR count). The minimum atomic E-state index is -4.52. The molecule has 9 heteroatoms. The predicted molar refractivity (Wildman–Crippen MR) is 87.7 cm³/mol. The topological polar surface area (TPSA) is 83.5 Å². The van der Waals surface area contributed by atoms with Gasteiger partial charge in [-0.05, 0) is 66.8 Å². The van der Waals surface area contributed by atoms with Crippen LogP contribution in [0.3, 0.4) is 0 Å². The summed E-state index contributed by atoms with van der Waals surface area (Å²) >= 11 is 0. The number of benzene rings is 2. The van der Waals surface area contributed by atoms with Crippen molar-refractivity contribution in [2.24, 2.45) is 0 Å². The summed E-state index contributed by atoms with van der Waals surface area (Å²) in [5.41, 5.74) is 0.144. The molecule has 0 bridgehead atoms. The Hall–Kier alpha value is -2.55. The zero-order chi connectivity index (χ0) is 19.1. The number of hydrogen-bond donors (Lipinski definition) is 2. The monoisotopic (exact) mass is 385 g/mol. The van der Waals surface area contributed by atoms with Gasteiger partial charge in [0.15, 0.2) is 0 Å². The van der Waals surface area contributed by atoms with Crippen molar-refractivity contribution in [2.45, 2.75) is 30.3 Å². The van der Waals surface area contributed by atoms with E-state index in [0.717, 1.165) is 30.3 Å². The van der Waals surface area contributed by atoms with E-state index in [9.17, 15) is 31.5 Å². The molecule has 0 aromatic heterocycles. The van der Waals surface area contributed by atoms with Crippen LogP contribution in [0, 0.1) is 0 Å². The van der Waals surface area contributed by atoms with Crippen LogP contribution in [0.5, 0.6) is 0 Å². The van der Waals surface area contributed by atoms with Crippen molar-refractivity contribution in [2.75, 3.05) is 4.72 Å². The molecule has 0 radical (unpaired) electrons. The molecule has 1 aliphatic carbocycles. The van der Waals surface area contributed by atoms with Crippen LogP contribution in [0.1, 0.15) is 33.5 Å². The number of carboxylic acids is 1. The lowest BCUT2D eigenvalue weighted by Gasteiger charge is -2.14. The van der Waals surface area contributed by atoms with Crippen LogP contribution in [0.15, 0.2) is 41.3 Å².